The predicted octanol–water partition coefficient (Wildman–Crippen LogP) is 3.21. The van der Waals surface area contributed by atoms with Crippen molar-refractivity contribution in [2.75, 3.05) is 6.79 Å². The van der Waals surface area contributed by atoms with Crippen LogP contribution in [0.25, 0.3) is 0 Å². The molecule has 3 aromatic rings. The molecule has 0 spiro atoms. The van der Waals surface area contributed by atoms with E-state index in [1.807, 2.05) is 61.0 Å². The number of hydrogen-bond acceptors (Lipinski definition) is 4. The highest BCUT2D eigenvalue weighted by atomic mass is 16.7. The largest absolute Gasteiger partial charge is 0.454 e. The van der Waals surface area contributed by atoms with E-state index < -0.39 is 0 Å². The van der Waals surface area contributed by atoms with Crippen LogP contribution in [0.2, 0.25) is 0 Å². The summed E-state index contributed by atoms with van der Waals surface area (Å²) in [4.78, 5) is 17.1. The Bertz CT molecular complexity index is 980. The van der Waals surface area contributed by atoms with Gasteiger partial charge >= 0.3 is 0 Å². The standard InChI is InChI=1S/C21H21N3O3/c1-14-8-15(2)24(12-17-4-3-7-22-10-17)20(14)21(25)23-11-16-5-6-18-19(9-16)27-13-26-18/h3-10H,11-13H2,1-2H3,(H,23,25). The minimum absolute atomic E-state index is 0.0952. The molecule has 1 N–H and O–H groups in total. The third-order valence-corrected chi connectivity index (χ3v) is 4.66. The molecule has 0 saturated carbocycles. The zero-order valence-corrected chi connectivity index (χ0v) is 15.4. The van der Waals surface area contributed by atoms with Gasteiger partial charge in [-0.1, -0.05) is 12.1 Å². The van der Waals surface area contributed by atoms with Crippen LogP contribution < -0.4 is 14.8 Å². The highest BCUT2D eigenvalue weighted by Gasteiger charge is 2.18. The quantitative estimate of drug-likeness (QED) is 0.756. The van der Waals surface area contributed by atoms with Crippen LogP contribution in [-0.2, 0) is 13.1 Å². The van der Waals surface area contributed by atoms with Crippen molar-refractivity contribution in [3.63, 3.8) is 0 Å². The summed E-state index contributed by atoms with van der Waals surface area (Å²) in [6.45, 7) is 5.25. The fourth-order valence-corrected chi connectivity index (χ4v) is 3.35. The smallest absolute Gasteiger partial charge is 0.268 e. The molecule has 3 heterocycles. The second-order valence-electron chi connectivity index (χ2n) is 6.64. The third-order valence-electron chi connectivity index (χ3n) is 4.66. The van der Waals surface area contributed by atoms with E-state index in [1.54, 1.807) is 6.20 Å². The van der Waals surface area contributed by atoms with Crippen molar-refractivity contribution in [1.82, 2.24) is 14.9 Å². The van der Waals surface area contributed by atoms with Crippen LogP contribution in [0.3, 0.4) is 0 Å². The highest BCUT2D eigenvalue weighted by Crippen LogP contribution is 2.32. The lowest BCUT2D eigenvalue weighted by Crippen LogP contribution is -2.26. The number of aromatic nitrogens is 2. The van der Waals surface area contributed by atoms with Crippen molar-refractivity contribution < 1.29 is 14.3 Å². The number of ether oxygens (including phenoxy) is 2. The molecule has 4 rings (SSSR count). The topological polar surface area (TPSA) is 65.4 Å². The number of fused-ring (bicyclic) bond motifs is 1. The molecule has 138 valence electrons. The van der Waals surface area contributed by atoms with Crippen LogP contribution in [-0.4, -0.2) is 22.3 Å². The summed E-state index contributed by atoms with van der Waals surface area (Å²) < 4.78 is 12.7. The molecule has 0 saturated heterocycles. The monoisotopic (exact) mass is 363 g/mol. The lowest BCUT2D eigenvalue weighted by Gasteiger charge is -2.13. The first-order valence-electron chi connectivity index (χ1n) is 8.84. The Hall–Kier alpha value is -3.28. The summed E-state index contributed by atoms with van der Waals surface area (Å²) in [5, 5.41) is 3.02. The second kappa shape index (κ2) is 7.15. The van der Waals surface area contributed by atoms with Gasteiger partial charge in [0.25, 0.3) is 5.91 Å². The molecule has 0 aliphatic carbocycles. The Morgan fingerprint density at radius 1 is 1.15 bits per heavy atom. The van der Waals surface area contributed by atoms with Gasteiger partial charge in [0.05, 0.1) is 0 Å². The Balaban J connectivity index is 1.51. The average Bonchev–Trinajstić information content (AvgIpc) is 3.24. The average molecular weight is 363 g/mol. The molecule has 1 amide bonds. The van der Waals surface area contributed by atoms with Gasteiger partial charge in [-0.2, -0.15) is 0 Å². The van der Waals surface area contributed by atoms with Crippen molar-refractivity contribution in [3.05, 3.63) is 76.9 Å². The summed E-state index contributed by atoms with van der Waals surface area (Å²) in [5.74, 6) is 1.36. The van der Waals surface area contributed by atoms with Gasteiger partial charge in [0, 0.05) is 31.2 Å². The normalized spacial score (nSPS) is 12.2. The molecule has 1 aliphatic heterocycles. The molecule has 27 heavy (non-hydrogen) atoms. The van der Waals surface area contributed by atoms with E-state index in [2.05, 4.69) is 10.3 Å². The van der Waals surface area contributed by atoms with Gasteiger partial charge in [-0.25, -0.2) is 0 Å². The van der Waals surface area contributed by atoms with Gasteiger partial charge in [-0.3, -0.25) is 9.78 Å². The summed E-state index contributed by atoms with van der Waals surface area (Å²) in [7, 11) is 0. The highest BCUT2D eigenvalue weighted by molar-refractivity contribution is 5.94. The SMILES string of the molecule is Cc1cc(C)n(Cc2cccnc2)c1C(=O)NCc1ccc2c(c1)OCO2. The van der Waals surface area contributed by atoms with E-state index in [0.717, 1.165) is 28.1 Å². The van der Waals surface area contributed by atoms with Gasteiger partial charge in [-0.15, -0.1) is 0 Å². The number of rotatable bonds is 5. The van der Waals surface area contributed by atoms with Crippen LogP contribution in [0.5, 0.6) is 11.5 Å². The first kappa shape index (κ1) is 17.1. The molecule has 0 atom stereocenters. The zero-order chi connectivity index (χ0) is 18.8. The molecule has 6 heteroatoms. The summed E-state index contributed by atoms with van der Waals surface area (Å²) in [5.41, 5.74) is 4.70. The molecule has 0 radical (unpaired) electrons. The van der Waals surface area contributed by atoms with Crippen molar-refractivity contribution in [2.24, 2.45) is 0 Å². The number of nitrogens with zero attached hydrogens (tertiary/aromatic N) is 2. The molecule has 0 bridgehead atoms. The third kappa shape index (κ3) is 3.51. The van der Waals surface area contributed by atoms with Crippen molar-refractivity contribution in [1.29, 1.82) is 0 Å². The van der Waals surface area contributed by atoms with Gasteiger partial charge in [-0.05, 0) is 54.8 Å². The molecule has 1 aromatic carbocycles. The van der Waals surface area contributed by atoms with Crippen molar-refractivity contribution >= 4 is 5.91 Å². The number of aryl methyl sites for hydroxylation is 2. The lowest BCUT2D eigenvalue weighted by atomic mass is 10.2. The van der Waals surface area contributed by atoms with E-state index in [-0.39, 0.29) is 12.7 Å². The summed E-state index contributed by atoms with van der Waals surface area (Å²) in [6.07, 6.45) is 3.57. The van der Waals surface area contributed by atoms with E-state index in [1.165, 1.54) is 0 Å². The fourth-order valence-electron chi connectivity index (χ4n) is 3.35. The van der Waals surface area contributed by atoms with Crippen LogP contribution in [0, 0.1) is 13.8 Å². The second-order valence-corrected chi connectivity index (χ2v) is 6.64. The molecule has 0 fully saturated rings. The van der Waals surface area contributed by atoms with Gasteiger partial charge < -0.3 is 19.4 Å². The molecule has 0 unspecified atom stereocenters. The maximum absolute atomic E-state index is 12.9. The molecule has 6 nitrogen and oxygen atoms in total. The molecular formula is C21H21N3O3. The Morgan fingerprint density at radius 3 is 2.81 bits per heavy atom. The van der Waals surface area contributed by atoms with Crippen molar-refractivity contribution in [2.45, 2.75) is 26.9 Å². The van der Waals surface area contributed by atoms with E-state index in [9.17, 15) is 4.79 Å². The van der Waals surface area contributed by atoms with E-state index in [4.69, 9.17) is 9.47 Å². The Kier molecular flexibility index (Phi) is 4.54. The minimum atomic E-state index is -0.0952. The number of pyridine rings is 1. The number of benzene rings is 1. The van der Waals surface area contributed by atoms with Gasteiger partial charge in [0.15, 0.2) is 11.5 Å². The van der Waals surface area contributed by atoms with Crippen LogP contribution in [0.1, 0.15) is 32.9 Å². The van der Waals surface area contributed by atoms with Crippen molar-refractivity contribution in [3.8, 4) is 11.5 Å². The molecule has 1 aliphatic rings. The molecular weight excluding hydrogens is 342 g/mol. The first-order valence-corrected chi connectivity index (χ1v) is 8.84. The number of carbonyl (C=O) groups is 1. The Morgan fingerprint density at radius 2 is 2.00 bits per heavy atom. The summed E-state index contributed by atoms with van der Waals surface area (Å²) in [6, 6.07) is 11.6. The summed E-state index contributed by atoms with van der Waals surface area (Å²) >= 11 is 0. The number of carbonyl (C=O) groups excluding carboxylic acids is 1. The fraction of sp³-hybridized carbons (Fsp3) is 0.238. The number of hydrogen-bond donors (Lipinski definition) is 1. The van der Waals surface area contributed by atoms with Crippen LogP contribution in [0.4, 0.5) is 0 Å². The Labute approximate surface area is 157 Å². The first-order chi connectivity index (χ1) is 13.1. The minimum Gasteiger partial charge on any atom is -0.454 e. The maximum Gasteiger partial charge on any atom is 0.268 e. The van der Waals surface area contributed by atoms with Crippen LogP contribution >= 0.6 is 0 Å². The van der Waals surface area contributed by atoms with E-state index >= 15 is 0 Å². The molecule has 2 aromatic heterocycles. The number of amides is 1. The maximum atomic E-state index is 12.9. The van der Waals surface area contributed by atoms with Crippen LogP contribution in [0.15, 0.2) is 48.8 Å². The lowest BCUT2D eigenvalue weighted by molar-refractivity contribution is 0.0941. The van der Waals surface area contributed by atoms with Gasteiger partial charge in [0.2, 0.25) is 6.79 Å². The number of nitrogens with one attached hydrogen (secondary N) is 1. The predicted molar refractivity (Wildman–Crippen MR) is 101 cm³/mol. The van der Waals surface area contributed by atoms with E-state index in [0.29, 0.717) is 24.5 Å². The zero-order valence-electron chi connectivity index (χ0n) is 15.4. The van der Waals surface area contributed by atoms with Gasteiger partial charge in [0.1, 0.15) is 5.69 Å².